The molecule has 0 unspecified atom stereocenters. The molecule has 92 valence electrons. The van der Waals surface area contributed by atoms with E-state index in [0.29, 0.717) is 12.5 Å². The number of ketones is 1. The van der Waals surface area contributed by atoms with Crippen molar-refractivity contribution in [3.63, 3.8) is 0 Å². The van der Waals surface area contributed by atoms with Crippen molar-refractivity contribution in [2.75, 3.05) is 13.6 Å². The molecule has 2 nitrogen and oxygen atoms in total. The molecule has 1 saturated carbocycles. The van der Waals surface area contributed by atoms with Crippen molar-refractivity contribution in [1.29, 1.82) is 0 Å². The van der Waals surface area contributed by atoms with Crippen LogP contribution in [0.15, 0.2) is 24.3 Å². The van der Waals surface area contributed by atoms with Crippen LogP contribution in [0.2, 0.25) is 0 Å². The first-order chi connectivity index (χ1) is 8.18. The van der Waals surface area contributed by atoms with Crippen LogP contribution in [0.25, 0.3) is 0 Å². The van der Waals surface area contributed by atoms with E-state index in [-0.39, 0.29) is 11.3 Å². The molecule has 0 aliphatic heterocycles. The molecule has 3 heteroatoms. The second-order valence-corrected chi connectivity index (χ2v) is 4.72. The maximum Gasteiger partial charge on any atom is 0.167 e. The zero-order valence-corrected chi connectivity index (χ0v) is 10.2. The molecule has 1 aliphatic carbocycles. The number of rotatable bonds is 5. The van der Waals surface area contributed by atoms with E-state index in [4.69, 9.17) is 0 Å². The number of Topliss-reactive ketones (excluding diaryl/α,β-unsaturated/α-hetero) is 1. The van der Waals surface area contributed by atoms with E-state index in [1.165, 1.54) is 25.3 Å². The van der Waals surface area contributed by atoms with Gasteiger partial charge in [-0.05, 0) is 32.0 Å². The summed E-state index contributed by atoms with van der Waals surface area (Å²) in [7, 11) is 2.04. The van der Waals surface area contributed by atoms with Gasteiger partial charge in [0.25, 0.3) is 0 Å². The van der Waals surface area contributed by atoms with E-state index in [9.17, 15) is 9.18 Å². The number of benzene rings is 1. The van der Waals surface area contributed by atoms with Gasteiger partial charge in [-0.2, -0.15) is 0 Å². The van der Waals surface area contributed by atoms with Crippen LogP contribution in [0, 0.1) is 5.82 Å². The van der Waals surface area contributed by atoms with Crippen molar-refractivity contribution >= 4 is 5.78 Å². The number of hydrogen-bond acceptors (Lipinski definition) is 2. The predicted molar refractivity (Wildman–Crippen MR) is 65.6 cm³/mol. The molecule has 0 amide bonds. The molecule has 0 aromatic heterocycles. The summed E-state index contributed by atoms with van der Waals surface area (Å²) in [6.45, 7) is 0.720. The lowest BCUT2D eigenvalue weighted by Crippen LogP contribution is -2.38. The van der Waals surface area contributed by atoms with Crippen molar-refractivity contribution in [2.45, 2.75) is 31.7 Å². The lowest BCUT2D eigenvalue weighted by Gasteiger charge is -2.34. The van der Waals surface area contributed by atoms with E-state index >= 15 is 0 Å². The SMILES string of the molecule is CN(CCC(=O)c1ccccc1F)C1CCC1. The van der Waals surface area contributed by atoms with Gasteiger partial charge in [0.1, 0.15) is 5.82 Å². The molecule has 0 heterocycles. The molecule has 1 aliphatic rings. The second-order valence-electron chi connectivity index (χ2n) is 4.72. The fourth-order valence-corrected chi connectivity index (χ4v) is 2.11. The van der Waals surface area contributed by atoms with Crippen molar-refractivity contribution in [3.8, 4) is 0 Å². The smallest absolute Gasteiger partial charge is 0.167 e. The Balaban J connectivity index is 1.87. The fraction of sp³-hybridized carbons (Fsp3) is 0.500. The Hall–Kier alpha value is -1.22. The van der Waals surface area contributed by atoms with E-state index in [1.54, 1.807) is 18.2 Å². The van der Waals surface area contributed by atoms with Gasteiger partial charge in [0.05, 0.1) is 5.56 Å². The average Bonchev–Trinajstić information content (AvgIpc) is 2.24. The normalized spacial score (nSPS) is 15.9. The van der Waals surface area contributed by atoms with E-state index in [2.05, 4.69) is 4.90 Å². The molecule has 1 aromatic carbocycles. The summed E-state index contributed by atoms with van der Waals surface area (Å²) in [6.07, 6.45) is 4.14. The van der Waals surface area contributed by atoms with Crippen molar-refractivity contribution in [1.82, 2.24) is 4.90 Å². The number of hydrogen-bond donors (Lipinski definition) is 0. The highest BCUT2D eigenvalue weighted by Gasteiger charge is 2.22. The predicted octanol–water partition coefficient (Wildman–Crippen LogP) is 2.88. The summed E-state index contributed by atoms with van der Waals surface area (Å²) in [4.78, 5) is 14.0. The summed E-state index contributed by atoms with van der Waals surface area (Å²) < 4.78 is 13.4. The maximum absolute atomic E-state index is 13.4. The zero-order chi connectivity index (χ0) is 12.3. The van der Waals surface area contributed by atoms with Gasteiger partial charge in [0, 0.05) is 19.0 Å². The van der Waals surface area contributed by atoms with Crippen LogP contribution >= 0.6 is 0 Å². The summed E-state index contributed by atoms with van der Waals surface area (Å²) in [5.41, 5.74) is 0.217. The minimum atomic E-state index is -0.413. The highest BCUT2D eigenvalue weighted by molar-refractivity contribution is 5.96. The van der Waals surface area contributed by atoms with Gasteiger partial charge in [-0.25, -0.2) is 4.39 Å². The molecule has 0 atom stereocenters. The number of carbonyl (C=O) groups is 1. The Morgan fingerprint density at radius 2 is 2.12 bits per heavy atom. The quantitative estimate of drug-likeness (QED) is 0.731. The molecule has 17 heavy (non-hydrogen) atoms. The topological polar surface area (TPSA) is 20.3 Å². The highest BCUT2D eigenvalue weighted by atomic mass is 19.1. The van der Waals surface area contributed by atoms with Crippen molar-refractivity contribution in [2.24, 2.45) is 0 Å². The first kappa shape index (κ1) is 12.2. The Bertz CT molecular complexity index is 401. The third-order valence-electron chi connectivity index (χ3n) is 3.56. The van der Waals surface area contributed by atoms with Crippen LogP contribution in [-0.2, 0) is 0 Å². The van der Waals surface area contributed by atoms with Crippen LogP contribution in [0.1, 0.15) is 36.0 Å². The summed E-state index contributed by atoms with van der Waals surface area (Å²) in [5.74, 6) is -0.516. The molecule has 0 spiro atoms. The van der Waals surface area contributed by atoms with Crippen molar-refractivity contribution < 1.29 is 9.18 Å². The molecular formula is C14H18FNO. The largest absolute Gasteiger partial charge is 0.303 e. The third-order valence-corrected chi connectivity index (χ3v) is 3.56. The van der Waals surface area contributed by atoms with Gasteiger partial charge in [0.15, 0.2) is 5.78 Å². The molecule has 1 fully saturated rings. The first-order valence-corrected chi connectivity index (χ1v) is 6.16. The van der Waals surface area contributed by atoms with Gasteiger partial charge < -0.3 is 4.90 Å². The van der Waals surface area contributed by atoms with Crippen LogP contribution in [0.5, 0.6) is 0 Å². The summed E-state index contributed by atoms with van der Waals surface area (Å²) in [6, 6.07) is 6.83. The van der Waals surface area contributed by atoms with Crippen LogP contribution in [0.3, 0.4) is 0 Å². The number of halogens is 1. The Labute approximate surface area is 101 Å². The average molecular weight is 235 g/mol. The van der Waals surface area contributed by atoms with Gasteiger partial charge in [-0.3, -0.25) is 4.79 Å². The second kappa shape index (κ2) is 5.41. The minimum Gasteiger partial charge on any atom is -0.303 e. The van der Waals surface area contributed by atoms with Gasteiger partial charge in [-0.15, -0.1) is 0 Å². The number of carbonyl (C=O) groups excluding carboxylic acids is 1. The molecule has 0 saturated heterocycles. The number of nitrogens with zero attached hydrogens (tertiary/aromatic N) is 1. The first-order valence-electron chi connectivity index (χ1n) is 6.16. The standard InChI is InChI=1S/C14H18FNO/c1-16(11-5-4-6-11)10-9-14(17)12-7-2-3-8-13(12)15/h2-3,7-8,11H,4-6,9-10H2,1H3. The summed E-state index contributed by atoms with van der Waals surface area (Å²) in [5, 5.41) is 0. The molecule has 2 rings (SSSR count). The Kier molecular flexibility index (Phi) is 3.89. The molecule has 0 bridgehead atoms. The van der Waals surface area contributed by atoms with Crippen LogP contribution < -0.4 is 0 Å². The van der Waals surface area contributed by atoms with Gasteiger partial charge >= 0.3 is 0 Å². The van der Waals surface area contributed by atoms with Crippen LogP contribution in [-0.4, -0.2) is 30.3 Å². The van der Waals surface area contributed by atoms with Crippen molar-refractivity contribution in [3.05, 3.63) is 35.6 Å². The maximum atomic E-state index is 13.4. The van der Waals surface area contributed by atoms with Gasteiger partial charge in [0.2, 0.25) is 0 Å². The fourth-order valence-electron chi connectivity index (χ4n) is 2.11. The third kappa shape index (κ3) is 2.91. The minimum absolute atomic E-state index is 0.103. The Morgan fingerprint density at radius 1 is 1.41 bits per heavy atom. The lowest BCUT2D eigenvalue weighted by atomic mass is 9.91. The molecule has 0 N–H and O–H groups in total. The van der Waals surface area contributed by atoms with Gasteiger partial charge in [-0.1, -0.05) is 18.6 Å². The molecule has 0 radical (unpaired) electrons. The Morgan fingerprint density at radius 3 is 2.71 bits per heavy atom. The van der Waals surface area contributed by atoms with E-state index < -0.39 is 5.82 Å². The molecule has 1 aromatic rings. The summed E-state index contributed by atoms with van der Waals surface area (Å²) >= 11 is 0. The monoisotopic (exact) mass is 235 g/mol. The van der Waals surface area contributed by atoms with E-state index in [0.717, 1.165) is 6.54 Å². The molecular weight excluding hydrogens is 217 g/mol. The highest BCUT2D eigenvalue weighted by Crippen LogP contribution is 2.23. The van der Waals surface area contributed by atoms with Crippen LogP contribution in [0.4, 0.5) is 4.39 Å². The zero-order valence-electron chi connectivity index (χ0n) is 10.2. The lowest BCUT2D eigenvalue weighted by molar-refractivity contribution is 0.0936. The van der Waals surface area contributed by atoms with E-state index in [1.807, 2.05) is 7.05 Å².